The van der Waals surface area contributed by atoms with E-state index >= 15 is 0 Å². The average Bonchev–Trinajstić information content (AvgIpc) is 3.05. The molecule has 0 fully saturated rings. The van der Waals surface area contributed by atoms with E-state index in [0.29, 0.717) is 18.7 Å². The minimum absolute atomic E-state index is 0.182. The lowest BCUT2D eigenvalue weighted by Crippen LogP contribution is -2.30. The number of aryl methyl sites for hydroxylation is 1. The van der Waals surface area contributed by atoms with Gasteiger partial charge >= 0.3 is 5.97 Å². The second-order valence-electron chi connectivity index (χ2n) is 6.73. The molecule has 1 amide bonds. The summed E-state index contributed by atoms with van der Waals surface area (Å²) in [7, 11) is 1.64. The number of aromatic nitrogens is 1. The quantitative estimate of drug-likeness (QED) is 0.626. The smallest absolute Gasteiger partial charge is 0.305 e. The summed E-state index contributed by atoms with van der Waals surface area (Å²) in [6.07, 6.45) is 1.62. The topological polar surface area (TPSA) is 80.6 Å². The van der Waals surface area contributed by atoms with Crippen LogP contribution in [-0.2, 0) is 16.1 Å². The number of carboxylic acids is 1. The van der Waals surface area contributed by atoms with Gasteiger partial charge in [0.25, 0.3) is 5.91 Å². The Hall–Kier alpha value is -3.12. The Bertz CT molecular complexity index is 993. The van der Waals surface area contributed by atoms with Gasteiger partial charge in [-0.05, 0) is 24.1 Å². The maximum atomic E-state index is 13.1. The Morgan fingerprint density at radius 3 is 2.57 bits per heavy atom. The molecule has 0 saturated heterocycles. The van der Waals surface area contributed by atoms with E-state index < -0.39 is 12.0 Å². The summed E-state index contributed by atoms with van der Waals surface area (Å²) in [6, 6.07) is 14.6. The number of nitrogens with one attached hydrogen (secondary N) is 1. The summed E-state index contributed by atoms with van der Waals surface area (Å²) in [4.78, 5) is 24.5. The van der Waals surface area contributed by atoms with Gasteiger partial charge in [-0.3, -0.25) is 9.59 Å². The van der Waals surface area contributed by atoms with E-state index in [1.54, 1.807) is 13.3 Å². The molecule has 0 aliphatic heterocycles. The van der Waals surface area contributed by atoms with Crippen molar-refractivity contribution in [1.29, 1.82) is 0 Å². The van der Waals surface area contributed by atoms with Gasteiger partial charge < -0.3 is 19.7 Å². The van der Waals surface area contributed by atoms with Crippen LogP contribution in [0.2, 0.25) is 0 Å². The fourth-order valence-corrected chi connectivity index (χ4v) is 3.43. The summed E-state index contributed by atoms with van der Waals surface area (Å²) < 4.78 is 7.14. The third kappa shape index (κ3) is 4.23. The van der Waals surface area contributed by atoms with Crippen LogP contribution >= 0.6 is 0 Å². The second-order valence-corrected chi connectivity index (χ2v) is 6.73. The molecule has 1 aromatic heterocycles. The molecule has 2 aromatic carbocycles. The first-order valence-corrected chi connectivity index (χ1v) is 9.16. The molecule has 0 bridgehead atoms. The highest BCUT2D eigenvalue weighted by Gasteiger charge is 2.22. The van der Waals surface area contributed by atoms with E-state index in [0.717, 1.165) is 22.0 Å². The first-order valence-electron chi connectivity index (χ1n) is 9.16. The van der Waals surface area contributed by atoms with Gasteiger partial charge in [0.05, 0.1) is 24.6 Å². The monoisotopic (exact) mass is 380 g/mol. The Morgan fingerprint density at radius 1 is 1.14 bits per heavy atom. The molecule has 28 heavy (non-hydrogen) atoms. The first-order chi connectivity index (χ1) is 13.5. The molecule has 1 unspecified atom stereocenters. The van der Waals surface area contributed by atoms with Gasteiger partial charge in [0.2, 0.25) is 0 Å². The van der Waals surface area contributed by atoms with Crippen molar-refractivity contribution in [2.75, 3.05) is 13.7 Å². The van der Waals surface area contributed by atoms with Crippen LogP contribution in [0.1, 0.15) is 33.9 Å². The van der Waals surface area contributed by atoms with Crippen LogP contribution in [0.25, 0.3) is 10.9 Å². The number of carbonyl (C=O) groups excluding carboxylic acids is 1. The van der Waals surface area contributed by atoms with E-state index in [4.69, 9.17) is 4.74 Å². The molecular weight excluding hydrogens is 356 g/mol. The van der Waals surface area contributed by atoms with Crippen LogP contribution in [-0.4, -0.2) is 35.3 Å². The zero-order chi connectivity index (χ0) is 20.1. The van der Waals surface area contributed by atoms with Crippen molar-refractivity contribution in [2.24, 2.45) is 0 Å². The number of ether oxygens (including phenoxy) is 1. The van der Waals surface area contributed by atoms with Gasteiger partial charge in [-0.1, -0.05) is 42.5 Å². The number of rotatable bonds is 8. The Labute approximate surface area is 163 Å². The molecule has 2 N–H and O–H groups in total. The van der Waals surface area contributed by atoms with E-state index in [1.165, 1.54) is 0 Å². The number of para-hydroxylation sites is 1. The summed E-state index contributed by atoms with van der Waals surface area (Å²) >= 11 is 0. The number of aliphatic carboxylic acids is 1. The van der Waals surface area contributed by atoms with Crippen LogP contribution in [0.3, 0.4) is 0 Å². The second kappa shape index (κ2) is 8.71. The molecule has 0 aliphatic rings. The lowest BCUT2D eigenvalue weighted by molar-refractivity contribution is -0.137. The average molecular weight is 380 g/mol. The molecule has 0 saturated carbocycles. The summed E-state index contributed by atoms with van der Waals surface area (Å²) in [5.74, 6) is -1.25. The van der Waals surface area contributed by atoms with Crippen LogP contribution in [0.15, 0.2) is 54.7 Å². The van der Waals surface area contributed by atoms with Crippen molar-refractivity contribution in [1.82, 2.24) is 9.88 Å². The summed E-state index contributed by atoms with van der Waals surface area (Å²) in [5.41, 5.74) is 3.21. The number of hydrogen-bond acceptors (Lipinski definition) is 3. The summed E-state index contributed by atoms with van der Waals surface area (Å²) in [5, 5.41) is 13.1. The van der Waals surface area contributed by atoms with Crippen molar-refractivity contribution >= 4 is 22.8 Å². The van der Waals surface area contributed by atoms with Crippen molar-refractivity contribution in [2.45, 2.75) is 25.9 Å². The number of carbonyl (C=O) groups is 2. The Morgan fingerprint density at radius 2 is 1.86 bits per heavy atom. The minimum atomic E-state index is -0.962. The van der Waals surface area contributed by atoms with Crippen molar-refractivity contribution in [3.05, 3.63) is 71.4 Å². The number of hydrogen-bond donors (Lipinski definition) is 2. The van der Waals surface area contributed by atoms with Gasteiger partial charge in [0.15, 0.2) is 0 Å². The highest BCUT2D eigenvalue weighted by molar-refractivity contribution is 6.07. The maximum Gasteiger partial charge on any atom is 0.305 e. The molecular formula is C22H24N2O4. The molecule has 0 aliphatic carbocycles. The molecule has 3 rings (SSSR count). The molecule has 0 radical (unpaired) electrons. The molecule has 1 atom stereocenters. The number of carboxylic acid groups (broad SMARTS) is 1. The highest BCUT2D eigenvalue weighted by atomic mass is 16.5. The fourth-order valence-electron chi connectivity index (χ4n) is 3.43. The maximum absolute atomic E-state index is 13.1. The third-order valence-corrected chi connectivity index (χ3v) is 4.82. The molecule has 3 aromatic rings. The van der Waals surface area contributed by atoms with E-state index in [1.807, 2.05) is 60.0 Å². The predicted octanol–water partition coefficient (Wildman–Crippen LogP) is 3.54. The molecule has 0 spiro atoms. The number of methoxy groups -OCH3 is 1. The van der Waals surface area contributed by atoms with Crippen molar-refractivity contribution in [3.63, 3.8) is 0 Å². The van der Waals surface area contributed by atoms with Crippen LogP contribution in [0, 0.1) is 6.92 Å². The lowest BCUT2D eigenvalue weighted by Gasteiger charge is -2.19. The van der Waals surface area contributed by atoms with Gasteiger partial charge in [-0.2, -0.15) is 0 Å². The van der Waals surface area contributed by atoms with Gasteiger partial charge in [0, 0.05) is 30.8 Å². The van der Waals surface area contributed by atoms with E-state index in [2.05, 4.69) is 5.32 Å². The van der Waals surface area contributed by atoms with Crippen LogP contribution < -0.4 is 5.32 Å². The normalized spacial score (nSPS) is 12.1. The zero-order valence-electron chi connectivity index (χ0n) is 16.0. The molecule has 146 valence electrons. The molecule has 6 heteroatoms. The largest absolute Gasteiger partial charge is 0.481 e. The first kappa shape index (κ1) is 19.6. The van der Waals surface area contributed by atoms with Crippen molar-refractivity contribution < 1.29 is 19.4 Å². The highest BCUT2D eigenvalue weighted by Crippen LogP contribution is 2.25. The standard InChI is InChI=1S/C22H24N2O4/c1-15-7-3-4-8-16(15)19(13-21(25)26)23-22(27)18-14-24(11-12-28-2)20-10-6-5-9-17(18)20/h3-10,14,19H,11-13H2,1-2H3,(H,23,27)(H,25,26). The number of fused-ring (bicyclic) bond motifs is 1. The fraction of sp³-hybridized carbons (Fsp3) is 0.273. The van der Waals surface area contributed by atoms with Crippen LogP contribution in [0.4, 0.5) is 0 Å². The Balaban J connectivity index is 1.94. The third-order valence-electron chi connectivity index (χ3n) is 4.82. The van der Waals surface area contributed by atoms with Gasteiger partial charge in [-0.25, -0.2) is 0 Å². The zero-order valence-corrected chi connectivity index (χ0v) is 16.0. The van der Waals surface area contributed by atoms with E-state index in [-0.39, 0.29) is 12.3 Å². The minimum Gasteiger partial charge on any atom is -0.481 e. The SMILES string of the molecule is COCCn1cc(C(=O)NC(CC(=O)O)c2ccccc2C)c2ccccc21. The van der Waals surface area contributed by atoms with Crippen molar-refractivity contribution in [3.8, 4) is 0 Å². The molecule has 6 nitrogen and oxygen atoms in total. The van der Waals surface area contributed by atoms with Gasteiger partial charge in [0.1, 0.15) is 0 Å². The van der Waals surface area contributed by atoms with Crippen LogP contribution in [0.5, 0.6) is 0 Å². The predicted molar refractivity (Wildman–Crippen MR) is 107 cm³/mol. The number of nitrogens with zero attached hydrogens (tertiary/aromatic N) is 1. The van der Waals surface area contributed by atoms with E-state index in [9.17, 15) is 14.7 Å². The summed E-state index contributed by atoms with van der Waals surface area (Å²) in [6.45, 7) is 3.07. The number of benzene rings is 2. The number of amides is 1. The Kier molecular flexibility index (Phi) is 6.11. The van der Waals surface area contributed by atoms with Gasteiger partial charge in [-0.15, -0.1) is 0 Å². The lowest BCUT2D eigenvalue weighted by atomic mass is 9.98. The molecule has 1 heterocycles.